The molecular weight excluding hydrogens is 212 g/mol. The van der Waals surface area contributed by atoms with Gasteiger partial charge in [0.1, 0.15) is 0 Å². The summed E-state index contributed by atoms with van der Waals surface area (Å²) in [6.45, 7) is 0. The highest BCUT2D eigenvalue weighted by molar-refractivity contribution is 6.07. The summed E-state index contributed by atoms with van der Waals surface area (Å²) in [5.74, 6) is 1.78. The minimum Gasteiger partial charge on any atom is -0.449 e. The van der Waals surface area contributed by atoms with Crippen LogP contribution in [0.15, 0.2) is 54.6 Å². The summed E-state index contributed by atoms with van der Waals surface area (Å²) in [7, 11) is 0. The average molecular weight is 222 g/mol. The van der Waals surface area contributed by atoms with Crippen LogP contribution >= 0.6 is 0 Å². The number of carbonyl (C=O) groups is 1. The maximum Gasteiger partial charge on any atom is 0.185 e. The molecule has 82 valence electrons. The molecule has 3 rings (SSSR count). The number of para-hydroxylation sites is 1. The molecule has 0 amide bonds. The molecule has 2 heteroatoms. The molecule has 0 saturated heterocycles. The van der Waals surface area contributed by atoms with Gasteiger partial charge in [-0.25, -0.2) is 0 Å². The molecule has 0 bridgehead atoms. The second kappa shape index (κ2) is 3.91. The number of allylic oxidation sites excluding steroid dienone is 1. The van der Waals surface area contributed by atoms with Crippen molar-refractivity contribution >= 4 is 11.9 Å². The molecule has 2 aromatic rings. The van der Waals surface area contributed by atoms with Gasteiger partial charge in [0.25, 0.3) is 0 Å². The molecule has 0 spiro atoms. The van der Waals surface area contributed by atoms with Gasteiger partial charge in [0.2, 0.25) is 0 Å². The standard InChI is InChI=1S/C15H10O2/c16-13(11-5-2-1-3-6-11)10-9-12-7-4-8-14-15(12)17-14/h1-10H. The van der Waals surface area contributed by atoms with Crippen LogP contribution in [-0.2, 0) is 0 Å². The first kappa shape index (κ1) is 9.85. The van der Waals surface area contributed by atoms with Crippen molar-refractivity contribution in [2.45, 2.75) is 0 Å². The lowest BCUT2D eigenvalue weighted by Crippen LogP contribution is -1.92. The van der Waals surface area contributed by atoms with Crippen molar-refractivity contribution in [3.05, 3.63) is 65.7 Å². The van der Waals surface area contributed by atoms with Crippen molar-refractivity contribution in [3.8, 4) is 11.5 Å². The van der Waals surface area contributed by atoms with E-state index in [-0.39, 0.29) is 5.78 Å². The van der Waals surface area contributed by atoms with E-state index < -0.39 is 0 Å². The molecule has 0 radical (unpaired) electrons. The predicted octanol–water partition coefficient (Wildman–Crippen LogP) is 3.69. The molecule has 1 aliphatic heterocycles. The van der Waals surface area contributed by atoms with Gasteiger partial charge in [-0.05, 0) is 18.2 Å². The third-order valence-corrected chi connectivity index (χ3v) is 2.65. The monoisotopic (exact) mass is 222 g/mol. The summed E-state index contributed by atoms with van der Waals surface area (Å²) < 4.78 is 5.24. The van der Waals surface area contributed by atoms with E-state index in [2.05, 4.69) is 0 Å². The van der Waals surface area contributed by atoms with E-state index in [0.717, 1.165) is 17.1 Å². The first-order valence-electron chi connectivity index (χ1n) is 5.43. The van der Waals surface area contributed by atoms with Crippen LogP contribution in [0.3, 0.4) is 0 Å². The van der Waals surface area contributed by atoms with Gasteiger partial charge in [-0.15, -0.1) is 0 Å². The van der Waals surface area contributed by atoms with Gasteiger partial charge in [-0.2, -0.15) is 0 Å². The normalized spacial score (nSPS) is 12.0. The van der Waals surface area contributed by atoms with E-state index in [0.29, 0.717) is 5.56 Å². The van der Waals surface area contributed by atoms with Crippen molar-refractivity contribution in [2.24, 2.45) is 0 Å². The molecule has 1 aliphatic rings. The fourth-order valence-electron chi connectivity index (χ4n) is 1.71. The van der Waals surface area contributed by atoms with Crippen molar-refractivity contribution in [1.82, 2.24) is 0 Å². The minimum absolute atomic E-state index is 0.00357. The Kier molecular flexibility index (Phi) is 2.26. The van der Waals surface area contributed by atoms with Crippen LogP contribution in [0.4, 0.5) is 0 Å². The van der Waals surface area contributed by atoms with Crippen LogP contribution in [0.1, 0.15) is 15.9 Å². The Morgan fingerprint density at radius 2 is 1.82 bits per heavy atom. The summed E-state index contributed by atoms with van der Waals surface area (Å²) >= 11 is 0. The zero-order chi connectivity index (χ0) is 11.7. The van der Waals surface area contributed by atoms with Gasteiger partial charge in [0, 0.05) is 11.1 Å². The summed E-state index contributed by atoms with van der Waals surface area (Å²) in [4.78, 5) is 11.8. The van der Waals surface area contributed by atoms with Gasteiger partial charge in [-0.1, -0.05) is 42.5 Å². The second-order valence-electron chi connectivity index (χ2n) is 3.84. The van der Waals surface area contributed by atoms with Crippen LogP contribution in [0, 0.1) is 0 Å². The fourth-order valence-corrected chi connectivity index (χ4v) is 1.71. The first-order chi connectivity index (χ1) is 8.34. The van der Waals surface area contributed by atoms with Crippen molar-refractivity contribution in [1.29, 1.82) is 0 Å². The topological polar surface area (TPSA) is 29.6 Å². The zero-order valence-corrected chi connectivity index (χ0v) is 9.09. The fraction of sp³-hybridized carbons (Fsp3) is 0. The van der Waals surface area contributed by atoms with Crippen LogP contribution in [0.25, 0.3) is 6.08 Å². The number of benzene rings is 2. The molecule has 2 nitrogen and oxygen atoms in total. The number of hydrogen-bond acceptors (Lipinski definition) is 2. The highest BCUT2D eigenvalue weighted by Gasteiger charge is 2.21. The van der Waals surface area contributed by atoms with Gasteiger partial charge in [0.05, 0.1) is 0 Å². The van der Waals surface area contributed by atoms with Gasteiger partial charge < -0.3 is 4.74 Å². The maximum absolute atomic E-state index is 11.8. The van der Waals surface area contributed by atoms with E-state index in [1.807, 2.05) is 36.4 Å². The smallest absolute Gasteiger partial charge is 0.185 e. The maximum atomic E-state index is 11.8. The molecule has 0 aliphatic carbocycles. The third kappa shape index (κ3) is 1.97. The van der Waals surface area contributed by atoms with E-state index in [1.54, 1.807) is 24.3 Å². The summed E-state index contributed by atoms with van der Waals surface area (Å²) in [6.07, 6.45) is 3.37. The van der Waals surface area contributed by atoms with Crippen LogP contribution in [0.2, 0.25) is 0 Å². The first-order valence-corrected chi connectivity index (χ1v) is 5.43. The van der Waals surface area contributed by atoms with E-state index in [1.165, 1.54) is 0 Å². The van der Waals surface area contributed by atoms with Gasteiger partial charge in [-0.3, -0.25) is 4.79 Å². The molecule has 17 heavy (non-hydrogen) atoms. The molecule has 0 aromatic heterocycles. The van der Waals surface area contributed by atoms with Crippen molar-refractivity contribution < 1.29 is 9.53 Å². The Morgan fingerprint density at radius 1 is 1.00 bits per heavy atom. The lowest BCUT2D eigenvalue weighted by Gasteiger charge is -1.93. The Labute approximate surface area is 99.2 Å². The number of ketones is 1. The quantitative estimate of drug-likeness (QED) is 0.384. The lowest BCUT2D eigenvalue weighted by molar-refractivity contribution is 0.104. The zero-order valence-electron chi connectivity index (χ0n) is 9.09. The van der Waals surface area contributed by atoms with E-state index in [9.17, 15) is 4.79 Å². The molecule has 0 unspecified atom stereocenters. The molecule has 0 atom stereocenters. The number of fused-ring (bicyclic) bond motifs is 1. The van der Waals surface area contributed by atoms with Crippen molar-refractivity contribution in [2.75, 3.05) is 0 Å². The molecule has 0 fully saturated rings. The largest absolute Gasteiger partial charge is 0.449 e. The summed E-state index contributed by atoms with van der Waals surface area (Å²) in [5.41, 5.74) is 1.65. The summed E-state index contributed by atoms with van der Waals surface area (Å²) in [6, 6.07) is 15.0. The van der Waals surface area contributed by atoms with Gasteiger partial charge in [0.15, 0.2) is 17.3 Å². The number of carbonyl (C=O) groups excluding carboxylic acids is 1. The van der Waals surface area contributed by atoms with E-state index in [4.69, 9.17) is 4.74 Å². The number of ether oxygens (including phenoxy) is 1. The Bertz CT molecular complexity index is 598. The SMILES string of the molecule is O=C(C=Cc1cccc2c1O2)c1ccccc1. The van der Waals surface area contributed by atoms with E-state index >= 15 is 0 Å². The molecule has 1 heterocycles. The Balaban J connectivity index is 1.81. The highest BCUT2D eigenvalue weighted by atomic mass is 16.6. The molecule has 0 N–H and O–H groups in total. The number of rotatable bonds is 3. The minimum atomic E-state index is 0.00357. The van der Waals surface area contributed by atoms with Crippen LogP contribution < -0.4 is 4.74 Å². The predicted molar refractivity (Wildman–Crippen MR) is 66.3 cm³/mol. The highest BCUT2D eigenvalue weighted by Crippen LogP contribution is 2.48. The molecule has 2 aromatic carbocycles. The lowest BCUT2D eigenvalue weighted by atomic mass is 10.1. The Morgan fingerprint density at radius 3 is 2.65 bits per heavy atom. The number of hydrogen-bond donors (Lipinski definition) is 0. The summed E-state index contributed by atoms with van der Waals surface area (Å²) in [5, 5.41) is 0. The molecular formula is C15H10O2. The molecule has 0 saturated carbocycles. The average Bonchev–Trinajstić information content (AvgIpc) is 3.16. The van der Waals surface area contributed by atoms with Crippen LogP contribution in [0.5, 0.6) is 11.5 Å². The van der Waals surface area contributed by atoms with Gasteiger partial charge >= 0.3 is 0 Å². The second-order valence-corrected chi connectivity index (χ2v) is 3.84. The Hall–Kier alpha value is -2.35. The van der Waals surface area contributed by atoms with Crippen molar-refractivity contribution in [3.63, 3.8) is 0 Å². The van der Waals surface area contributed by atoms with Crippen LogP contribution in [-0.4, -0.2) is 5.78 Å². The third-order valence-electron chi connectivity index (χ3n) is 2.65.